The molecule has 0 saturated heterocycles. The van der Waals surface area contributed by atoms with E-state index in [2.05, 4.69) is 24.0 Å². The Morgan fingerprint density at radius 2 is 2.43 bits per heavy atom. The third-order valence-electron chi connectivity index (χ3n) is 1.85. The van der Waals surface area contributed by atoms with Crippen molar-refractivity contribution in [3.63, 3.8) is 0 Å². The average Bonchev–Trinajstić information content (AvgIpc) is 2.52. The standard InChI is InChI=1S/C9H16N4O/c1-7(2)5-13-6-11-4-8(13)3-9(10)12-14/h4,6-7,14H,3,5H2,1-2H3,(H2,10,12). The third-order valence-corrected chi connectivity index (χ3v) is 1.85. The van der Waals surface area contributed by atoms with E-state index < -0.39 is 0 Å². The molecule has 0 unspecified atom stereocenters. The lowest BCUT2D eigenvalue weighted by Crippen LogP contribution is -2.18. The van der Waals surface area contributed by atoms with Crippen molar-refractivity contribution in [3.05, 3.63) is 18.2 Å². The highest BCUT2D eigenvalue weighted by Gasteiger charge is 2.05. The molecular formula is C9H16N4O. The molecule has 1 aromatic rings. The van der Waals surface area contributed by atoms with Crippen LogP contribution in [0.5, 0.6) is 0 Å². The molecule has 1 rings (SSSR count). The van der Waals surface area contributed by atoms with Gasteiger partial charge in [0, 0.05) is 18.4 Å². The first-order valence-corrected chi connectivity index (χ1v) is 4.59. The van der Waals surface area contributed by atoms with Crippen molar-refractivity contribution in [1.82, 2.24) is 9.55 Å². The lowest BCUT2D eigenvalue weighted by Gasteiger charge is -2.09. The molecule has 14 heavy (non-hydrogen) atoms. The Labute approximate surface area is 83.2 Å². The zero-order valence-electron chi connectivity index (χ0n) is 8.51. The van der Waals surface area contributed by atoms with Crippen molar-refractivity contribution >= 4 is 5.84 Å². The highest BCUT2D eigenvalue weighted by atomic mass is 16.4. The molecule has 0 aromatic carbocycles. The fraction of sp³-hybridized carbons (Fsp3) is 0.556. The highest BCUT2D eigenvalue weighted by Crippen LogP contribution is 2.05. The first-order valence-electron chi connectivity index (χ1n) is 4.59. The Balaban J connectivity index is 2.72. The summed E-state index contributed by atoms with van der Waals surface area (Å²) in [5.41, 5.74) is 6.39. The number of hydrogen-bond donors (Lipinski definition) is 2. The molecule has 1 aromatic heterocycles. The number of amidine groups is 1. The number of hydrogen-bond acceptors (Lipinski definition) is 3. The van der Waals surface area contributed by atoms with Crippen LogP contribution < -0.4 is 5.73 Å². The summed E-state index contributed by atoms with van der Waals surface area (Å²) in [5, 5.41) is 11.4. The maximum Gasteiger partial charge on any atom is 0.145 e. The van der Waals surface area contributed by atoms with E-state index >= 15 is 0 Å². The molecule has 78 valence electrons. The molecule has 5 heteroatoms. The second-order valence-electron chi connectivity index (χ2n) is 3.70. The summed E-state index contributed by atoms with van der Waals surface area (Å²) in [7, 11) is 0. The molecule has 0 bridgehead atoms. The smallest absolute Gasteiger partial charge is 0.145 e. The summed E-state index contributed by atoms with van der Waals surface area (Å²) in [4.78, 5) is 4.03. The molecule has 1 heterocycles. The lowest BCUT2D eigenvalue weighted by molar-refractivity contribution is 0.317. The Hall–Kier alpha value is -1.52. The number of nitrogens with two attached hydrogens (primary N) is 1. The highest BCUT2D eigenvalue weighted by molar-refractivity contribution is 5.81. The summed E-state index contributed by atoms with van der Waals surface area (Å²) < 4.78 is 2.02. The summed E-state index contributed by atoms with van der Waals surface area (Å²) in [6, 6.07) is 0. The zero-order valence-corrected chi connectivity index (χ0v) is 8.51. The van der Waals surface area contributed by atoms with Gasteiger partial charge in [0.15, 0.2) is 0 Å². The van der Waals surface area contributed by atoms with Gasteiger partial charge in [0.1, 0.15) is 5.84 Å². The van der Waals surface area contributed by atoms with Crippen LogP contribution in [0, 0.1) is 5.92 Å². The molecule has 0 spiro atoms. The van der Waals surface area contributed by atoms with Gasteiger partial charge in [-0.1, -0.05) is 19.0 Å². The van der Waals surface area contributed by atoms with E-state index in [-0.39, 0.29) is 5.84 Å². The fourth-order valence-electron chi connectivity index (χ4n) is 1.27. The van der Waals surface area contributed by atoms with E-state index in [0.29, 0.717) is 12.3 Å². The maximum absolute atomic E-state index is 8.44. The molecule has 0 fully saturated rings. The van der Waals surface area contributed by atoms with Crippen molar-refractivity contribution in [1.29, 1.82) is 0 Å². The maximum atomic E-state index is 8.44. The SMILES string of the molecule is CC(C)Cn1cncc1C/C(N)=N/O. The monoisotopic (exact) mass is 196 g/mol. The van der Waals surface area contributed by atoms with Crippen LogP contribution in [-0.4, -0.2) is 20.6 Å². The van der Waals surface area contributed by atoms with Crippen LogP contribution in [0.3, 0.4) is 0 Å². The first-order chi connectivity index (χ1) is 6.63. The minimum Gasteiger partial charge on any atom is -0.409 e. The average molecular weight is 196 g/mol. The van der Waals surface area contributed by atoms with Crippen LogP contribution in [-0.2, 0) is 13.0 Å². The van der Waals surface area contributed by atoms with Gasteiger partial charge in [0.2, 0.25) is 0 Å². The van der Waals surface area contributed by atoms with Crippen molar-refractivity contribution in [2.75, 3.05) is 0 Å². The van der Waals surface area contributed by atoms with Gasteiger partial charge in [-0.2, -0.15) is 0 Å². The van der Waals surface area contributed by atoms with E-state index in [1.807, 2.05) is 4.57 Å². The summed E-state index contributed by atoms with van der Waals surface area (Å²) in [6.45, 7) is 5.16. The van der Waals surface area contributed by atoms with E-state index in [4.69, 9.17) is 10.9 Å². The largest absolute Gasteiger partial charge is 0.409 e. The van der Waals surface area contributed by atoms with Crippen molar-refractivity contribution in [2.24, 2.45) is 16.8 Å². The fourth-order valence-corrected chi connectivity index (χ4v) is 1.27. The van der Waals surface area contributed by atoms with Gasteiger partial charge in [-0.3, -0.25) is 0 Å². The second kappa shape index (κ2) is 4.64. The number of aromatic nitrogens is 2. The van der Waals surface area contributed by atoms with Crippen LogP contribution in [0.15, 0.2) is 17.7 Å². The Bertz CT molecular complexity index is 316. The molecule has 0 amide bonds. The Morgan fingerprint density at radius 1 is 1.71 bits per heavy atom. The van der Waals surface area contributed by atoms with Crippen LogP contribution in [0.2, 0.25) is 0 Å². The van der Waals surface area contributed by atoms with E-state index in [1.54, 1.807) is 12.5 Å². The third kappa shape index (κ3) is 2.76. The lowest BCUT2D eigenvalue weighted by atomic mass is 10.2. The van der Waals surface area contributed by atoms with E-state index in [9.17, 15) is 0 Å². The van der Waals surface area contributed by atoms with Crippen LogP contribution in [0.4, 0.5) is 0 Å². The number of rotatable bonds is 4. The minimum absolute atomic E-state index is 0.204. The Kier molecular flexibility index (Phi) is 3.50. The van der Waals surface area contributed by atoms with E-state index in [0.717, 1.165) is 12.2 Å². The number of nitrogens with zero attached hydrogens (tertiary/aromatic N) is 3. The molecule has 0 aliphatic carbocycles. The van der Waals surface area contributed by atoms with Crippen molar-refractivity contribution in [2.45, 2.75) is 26.8 Å². The molecule has 0 atom stereocenters. The van der Waals surface area contributed by atoms with Gasteiger partial charge in [-0.15, -0.1) is 0 Å². The molecular weight excluding hydrogens is 180 g/mol. The van der Waals surface area contributed by atoms with Crippen LogP contribution in [0.1, 0.15) is 19.5 Å². The van der Waals surface area contributed by atoms with Crippen LogP contribution in [0.25, 0.3) is 0 Å². The predicted molar refractivity (Wildman–Crippen MR) is 54.2 cm³/mol. The predicted octanol–water partition coefficient (Wildman–Crippen LogP) is 0.828. The summed E-state index contributed by atoms with van der Waals surface area (Å²) >= 11 is 0. The van der Waals surface area contributed by atoms with Gasteiger partial charge in [-0.05, 0) is 5.92 Å². The van der Waals surface area contributed by atoms with Gasteiger partial charge >= 0.3 is 0 Å². The van der Waals surface area contributed by atoms with Gasteiger partial charge in [-0.25, -0.2) is 4.98 Å². The molecule has 5 nitrogen and oxygen atoms in total. The molecule has 3 N–H and O–H groups in total. The number of imidazole rings is 1. The van der Waals surface area contributed by atoms with Gasteiger partial charge < -0.3 is 15.5 Å². The topological polar surface area (TPSA) is 76.4 Å². The van der Waals surface area contributed by atoms with Gasteiger partial charge in [0.25, 0.3) is 0 Å². The van der Waals surface area contributed by atoms with Crippen LogP contribution >= 0.6 is 0 Å². The first kappa shape index (κ1) is 10.6. The van der Waals surface area contributed by atoms with Gasteiger partial charge in [0.05, 0.1) is 12.7 Å². The normalized spacial score (nSPS) is 12.4. The summed E-state index contributed by atoms with van der Waals surface area (Å²) in [6.07, 6.45) is 3.93. The molecule has 0 aliphatic rings. The number of oxime groups is 1. The van der Waals surface area contributed by atoms with E-state index in [1.165, 1.54) is 0 Å². The molecule has 0 radical (unpaired) electrons. The summed E-state index contributed by atoms with van der Waals surface area (Å²) in [5.74, 6) is 0.755. The quantitative estimate of drug-likeness (QED) is 0.324. The Morgan fingerprint density at radius 3 is 3.00 bits per heavy atom. The second-order valence-corrected chi connectivity index (χ2v) is 3.70. The zero-order chi connectivity index (χ0) is 10.6. The van der Waals surface area contributed by atoms with Crippen molar-refractivity contribution in [3.8, 4) is 0 Å². The molecule has 0 aliphatic heterocycles. The minimum atomic E-state index is 0.204. The molecule has 0 saturated carbocycles. The van der Waals surface area contributed by atoms with Crippen molar-refractivity contribution < 1.29 is 5.21 Å².